The number of nitrogens with zero attached hydrogens (tertiary/aromatic N) is 5. The Labute approximate surface area is 177 Å². The van der Waals surface area contributed by atoms with Gasteiger partial charge in [0.25, 0.3) is 0 Å². The van der Waals surface area contributed by atoms with Gasteiger partial charge in [-0.25, -0.2) is 9.50 Å². The van der Waals surface area contributed by atoms with Gasteiger partial charge in [-0.15, -0.1) is 0 Å². The fraction of sp³-hybridized carbons (Fsp3) is 0.667. The van der Waals surface area contributed by atoms with Crippen molar-refractivity contribution < 1.29 is 4.79 Å². The highest BCUT2D eigenvalue weighted by molar-refractivity contribution is 5.83. The third-order valence-electron chi connectivity index (χ3n) is 6.65. The molecule has 9 heteroatoms. The van der Waals surface area contributed by atoms with Gasteiger partial charge in [0, 0.05) is 50.0 Å². The van der Waals surface area contributed by atoms with Crippen molar-refractivity contribution in [2.45, 2.75) is 63.8 Å². The van der Waals surface area contributed by atoms with Gasteiger partial charge < -0.3 is 20.9 Å². The minimum atomic E-state index is -0.163. The first-order valence-corrected chi connectivity index (χ1v) is 11.2. The lowest BCUT2D eigenvalue weighted by molar-refractivity contribution is -0.136. The number of hydrogen-bond donors (Lipinski definition) is 3. The molecule has 0 saturated carbocycles. The molecule has 0 aromatic carbocycles. The third kappa shape index (κ3) is 3.55. The molecule has 3 fully saturated rings. The molecule has 3 aliphatic heterocycles. The van der Waals surface area contributed by atoms with Crippen LogP contribution < -0.4 is 21.3 Å². The van der Waals surface area contributed by atoms with Crippen molar-refractivity contribution in [1.82, 2.24) is 30.1 Å². The second kappa shape index (κ2) is 7.79. The predicted octanol–water partition coefficient (Wildman–Crippen LogP) is 0.536. The first-order chi connectivity index (χ1) is 14.5. The van der Waals surface area contributed by atoms with Crippen LogP contribution in [0.3, 0.4) is 0 Å². The number of rotatable bonds is 3. The summed E-state index contributed by atoms with van der Waals surface area (Å²) in [5.41, 5.74) is 8.96. The zero-order valence-electron chi connectivity index (χ0n) is 17.8. The number of aromatic nitrogens is 3. The SMILES string of the molecule is Cc1cn2nc([C@@H]3CCCCN3C(=O)C3CNC(C)N3)cc2nc1N1CC[C@H](N)C1. The molecule has 1 amide bonds. The lowest BCUT2D eigenvalue weighted by Gasteiger charge is -2.36. The maximum absolute atomic E-state index is 13.2. The first kappa shape index (κ1) is 19.7. The lowest BCUT2D eigenvalue weighted by atomic mass is 9.98. The van der Waals surface area contributed by atoms with Crippen molar-refractivity contribution in [2.75, 3.05) is 31.1 Å². The van der Waals surface area contributed by atoms with Crippen molar-refractivity contribution in [3.8, 4) is 0 Å². The van der Waals surface area contributed by atoms with E-state index >= 15 is 0 Å². The van der Waals surface area contributed by atoms with Gasteiger partial charge in [0.1, 0.15) is 11.9 Å². The Morgan fingerprint density at radius 3 is 2.87 bits per heavy atom. The Morgan fingerprint density at radius 2 is 2.13 bits per heavy atom. The molecule has 2 aromatic heterocycles. The first-order valence-electron chi connectivity index (χ1n) is 11.2. The van der Waals surface area contributed by atoms with E-state index in [2.05, 4.69) is 28.5 Å². The third-order valence-corrected chi connectivity index (χ3v) is 6.65. The van der Waals surface area contributed by atoms with Gasteiger partial charge in [0.15, 0.2) is 5.65 Å². The number of piperidine rings is 1. The molecule has 9 nitrogen and oxygen atoms in total. The fourth-order valence-corrected chi connectivity index (χ4v) is 5.06. The van der Waals surface area contributed by atoms with Crippen LogP contribution in [0.15, 0.2) is 12.3 Å². The summed E-state index contributed by atoms with van der Waals surface area (Å²) >= 11 is 0. The zero-order chi connectivity index (χ0) is 20.8. The lowest BCUT2D eigenvalue weighted by Crippen LogP contribution is -2.49. The maximum Gasteiger partial charge on any atom is 0.241 e. The van der Waals surface area contributed by atoms with Crippen LogP contribution in [-0.2, 0) is 4.79 Å². The minimum Gasteiger partial charge on any atom is -0.355 e. The number of anilines is 1. The summed E-state index contributed by atoms with van der Waals surface area (Å²) in [6, 6.07) is 2.11. The van der Waals surface area contributed by atoms with Crippen LogP contribution in [0.5, 0.6) is 0 Å². The predicted molar refractivity (Wildman–Crippen MR) is 115 cm³/mol. The molecule has 3 saturated heterocycles. The Balaban J connectivity index is 1.43. The summed E-state index contributed by atoms with van der Waals surface area (Å²) in [5.74, 6) is 1.16. The van der Waals surface area contributed by atoms with E-state index in [4.69, 9.17) is 15.8 Å². The topological polar surface area (TPSA) is 104 Å². The fourth-order valence-electron chi connectivity index (χ4n) is 5.06. The van der Waals surface area contributed by atoms with Crippen molar-refractivity contribution in [2.24, 2.45) is 5.73 Å². The summed E-state index contributed by atoms with van der Waals surface area (Å²) in [7, 11) is 0. The number of amides is 1. The zero-order valence-corrected chi connectivity index (χ0v) is 17.8. The molecule has 30 heavy (non-hydrogen) atoms. The normalized spacial score (nSPS) is 29.8. The van der Waals surface area contributed by atoms with Crippen LogP contribution in [0.4, 0.5) is 5.82 Å². The number of aryl methyl sites for hydroxylation is 1. The molecule has 5 heterocycles. The summed E-state index contributed by atoms with van der Waals surface area (Å²) in [6.07, 6.45) is 6.31. The second-order valence-corrected chi connectivity index (χ2v) is 9.01. The van der Waals surface area contributed by atoms with E-state index in [1.165, 1.54) is 0 Å². The van der Waals surface area contributed by atoms with Crippen LogP contribution in [0.25, 0.3) is 5.65 Å². The summed E-state index contributed by atoms with van der Waals surface area (Å²) < 4.78 is 1.86. The van der Waals surface area contributed by atoms with Gasteiger partial charge in [-0.3, -0.25) is 10.1 Å². The Bertz CT molecular complexity index is 942. The van der Waals surface area contributed by atoms with E-state index in [1.807, 2.05) is 22.5 Å². The Hall–Kier alpha value is -2.23. The van der Waals surface area contributed by atoms with E-state index < -0.39 is 0 Å². The Morgan fingerprint density at radius 1 is 1.27 bits per heavy atom. The molecule has 0 aliphatic carbocycles. The molecule has 5 rings (SSSR count). The number of carbonyl (C=O) groups is 1. The van der Waals surface area contributed by atoms with Crippen LogP contribution in [0, 0.1) is 6.92 Å². The summed E-state index contributed by atoms with van der Waals surface area (Å²) in [6.45, 7) is 7.36. The smallest absolute Gasteiger partial charge is 0.241 e. The maximum atomic E-state index is 13.2. The molecule has 0 spiro atoms. The number of hydrogen-bond acceptors (Lipinski definition) is 7. The number of fused-ring (bicyclic) bond motifs is 1. The molecule has 4 atom stereocenters. The molecule has 0 bridgehead atoms. The highest BCUT2D eigenvalue weighted by atomic mass is 16.2. The molecule has 0 radical (unpaired) electrons. The van der Waals surface area contributed by atoms with E-state index in [1.54, 1.807) is 0 Å². The molecule has 4 N–H and O–H groups in total. The minimum absolute atomic E-state index is 0.00891. The van der Waals surface area contributed by atoms with Gasteiger partial charge in [-0.1, -0.05) is 0 Å². The van der Waals surface area contributed by atoms with Gasteiger partial charge in [0.05, 0.1) is 17.9 Å². The Kier molecular flexibility index (Phi) is 5.12. The molecule has 2 aromatic rings. The monoisotopic (exact) mass is 412 g/mol. The van der Waals surface area contributed by atoms with E-state index in [0.717, 1.165) is 68.0 Å². The van der Waals surface area contributed by atoms with Crippen molar-refractivity contribution >= 4 is 17.4 Å². The molecule has 2 unspecified atom stereocenters. The highest BCUT2D eigenvalue weighted by Crippen LogP contribution is 2.32. The van der Waals surface area contributed by atoms with E-state index in [9.17, 15) is 4.79 Å². The van der Waals surface area contributed by atoms with Crippen LogP contribution in [-0.4, -0.2) is 69.8 Å². The van der Waals surface area contributed by atoms with Crippen molar-refractivity contribution in [3.63, 3.8) is 0 Å². The number of likely N-dealkylation sites (tertiary alicyclic amines) is 1. The molecular weight excluding hydrogens is 380 g/mol. The summed E-state index contributed by atoms with van der Waals surface area (Å²) in [4.78, 5) is 22.4. The summed E-state index contributed by atoms with van der Waals surface area (Å²) in [5, 5.41) is 11.5. The second-order valence-electron chi connectivity index (χ2n) is 9.01. The van der Waals surface area contributed by atoms with Crippen LogP contribution in [0.1, 0.15) is 49.9 Å². The number of nitrogens with two attached hydrogens (primary N) is 1. The average Bonchev–Trinajstić information content (AvgIpc) is 3.46. The molecule has 162 valence electrons. The largest absolute Gasteiger partial charge is 0.355 e. The molecular formula is C21H32N8O. The number of nitrogens with one attached hydrogen (secondary N) is 2. The van der Waals surface area contributed by atoms with E-state index in [0.29, 0.717) is 6.54 Å². The van der Waals surface area contributed by atoms with E-state index in [-0.39, 0.29) is 30.2 Å². The standard InChI is InChI=1S/C21H32N8O/c1-13-11-29-19(25-20(13)27-8-6-15(22)12-27)9-16(26-29)18-5-3-4-7-28(18)21(30)17-10-23-14(2)24-17/h9,11,14-15,17-18,23-24H,3-8,10,12,22H2,1-2H3/t14?,15-,17?,18-/m0/s1. The van der Waals surface area contributed by atoms with Gasteiger partial charge in [-0.05, 0) is 39.5 Å². The quantitative estimate of drug-likeness (QED) is 0.676. The van der Waals surface area contributed by atoms with Crippen molar-refractivity contribution in [1.29, 1.82) is 0 Å². The number of carbonyl (C=O) groups excluding carboxylic acids is 1. The molecule has 3 aliphatic rings. The van der Waals surface area contributed by atoms with Crippen molar-refractivity contribution in [3.05, 3.63) is 23.5 Å². The van der Waals surface area contributed by atoms with Crippen LogP contribution >= 0.6 is 0 Å². The van der Waals surface area contributed by atoms with Crippen LogP contribution in [0.2, 0.25) is 0 Å². The van der Waals surface area contributed by atoms with Gasteiger partial charge in [-0.2, -0.15) is 5.10 Å². The highest BCUT2D eigenvalue weighted by Gasteiger charge is 2.36. The van der Waals surface area contributed by atoms with Gasteiger partial charge in [0.2, 0.25) is 5.91 Å². The van der Waals surface area contributed by atoms with Gasteiger partial charge >= 0.3 is 0 Å². The average molecular weight is 413 g/mol.